The molecule has 0 aromatic rings. The maximum absolute atomic E-state index is 3.74. The number of hydrogen-bond acceptors (Lipinski definition) is 0. The Kier molecular flexibility index (Phi) is 4.54. The van der Waals surface area contributed by atoms with Gasteiger partial charge in [-0.2, -0.15) is 0 Å². The number of halogens is 4. The summed E-state index contributed by atoms with van der Waals surface area (Å²) in [4.78, 5) is 0. The van der Waals surface area contributed by atoms with E-state index in [-0.39, 0.29) is 8.65 Å². The van der Waals surface area contributed by atoms with Crippen LogP contribution in [0.25, 0.3) is 0 Å². The molecule has 0 N–H and O–H groups in total. The zero-order valence-corrected chi connectivity index (χ0v) is 14.4. The summed E-state index contributed by atoms with van der Waals surface area (Å²) < 4.78 is 2.29. The predicted molar refractivity (Wildman–Crippen MR) is 77.9 cm³/mol. The normalized spacial score (nSPS) is 37.9. The summed E-state index contributed by atoms with van der Waals surface area (Å²) in [6.07, 6.45) is 6.47. The largest absolute Gasteiger partial charge is 0.0756 e. The minimum absolute atomic E-state index is 0.0434. The lowest BCUT2D eigenvalue weighted by Gasteiger charge is -2.34. The van der Waals surface area contributed by atoms with Gasteiger partial charge in [0.1, 0.15) is 0 Å². The Morgan fingerprint density at radius 3 is 1.43 bits per heavy atom. The van der Waals surface area contributed by atoms with Gasteiger partial charge in [-0.25, -0.2) is 0 Å². The van der Waals surface area contributed by atoms with E-state index in [2.05, 4.69) is 89.7 Å². The van der Waals surface area contributed by atoms with Crippen LogP contribution in [0.3, 0.4) is 0 Å². The standard InChI is InChI=1S/C10H12Br4/c1-3-9(13)5-8(12)10(14,4-2)6-7(9)11/h5-6H,3-4H2,1-2H3. The summed E-state index contributed by atoms with van der Waals surface area (Å²) in [7, 11) is 0. The Balaban J connectivity index is 3.14. The summed E-state index contributed by atoms with van der Waals surface area (Å²) in [6.45, 7) is 4.32. The second-order valence-electron chi connectivity index (χ2n) is 3.42. The SMILES string of the molecule is CCC1(Br)C=C(Br)C(Br)(CC)C=C1Br. The zero-order valence-electron chi connectivity index (χ0n) is 8.08. The molecule has 14 heavy (non-hydrogen) atoms. The van der Waals surface area contributed by atoms with Crippen molar-refractivity contribution in [3.8, 4) is 0 Å². The Labute approximate surface area is 119 Å². The minimum atomic E-state index is -0.0434. The van der Waals surface area contributed by atoms with Crippen molar-refractivity contribution in [2.45, 2.75) is 35.3 Å². The van der Waals surface area contributed by atoms with E-state index in [4.69, 9.17) is 0 Å². The molecule has 2 atom stereocenters. The molecular weight excluding hydrogens is 440 g/mol. The van der Waals surface area contributed by atoms with Gasteiger partial charge in [0, 0.05) is 8.96 Å². The molecule has 0 fully saturated rings. The third-order valence-electron chi connectivity index (χ3n) is 2.53. The molecule has 0 aromatic carbocycles. The molecule has 1 aliphatic rings. The Bertz CT molecular complexity index is 264. The van der Waals surface area contributed by atoms with Crippen LogP contribution in [0.4, 0.5) is 0 Å². The fourth-order valence-corrected chi connectivity index (χ4v) is 4.19. The van der Waals surface area contributed by atoms with Gasteiger partial charge in [-0.1, -0.05) is 89.7 Å². The van der Waals surface area contributed by atoms with Crippen molar-refractivity contribution in [3.63, 3.8) is 0 Å². The number of alkyl halides is 2. The van der Waals surface area contributed by atoms with E-state index in [1.54, 1.807) is 0 Å². The summed E-state index contributed by atoms with van der Waals surface area (Å²) in [5, 5.41) is 0. The van der Waals surface area contributed by atoms with Crippen molar-refractivity contribution in [3.05, 3.63) is 21.1 Å². The molecule has 0 amide bonds. The maximum atomic E-state index is 3.74. The first-order chi connectivity index (χ1) is 6.38. The van der Waals surface area contributed by atoms with E-state index in [1.807, 2.05) is 0 Å². The lowest BCUT2D eigenvalue weighted by Crippen LogP contribution is -2.29. The molecule has 4 heteroatoms. The van der Waals surface area contributed by atoms with Crippen LogP contribution >= 0.6 is 63.7 Å². The highest BCUT2D eigenvalue weighted by molar-refractivity contribution is 9.15. The Morgan fingerprint density at radius 2 is 1.21 bits per heavy atom. The molecule has 2 unspecified atom stereocenters. The van der Waals surface area contributed by atoms with Crippen LogP contribution in [0, 0.1) is 0 Å². The molecule has 1 rings (SSSR count). The lowest BCUT2D eigenvalue weighted by molar-refractivity contribution is 0.755. The predicted octanol–water partition coefficient (Wildman–Crippen LogP) is 5.65. The highest BCUT2D eigenvalue weighted by Gasteiger charge is 2.37. The minimum Gasteiger partial charge on any atom is -0.0749 e. The van der Waals surface area contributed by atoms with Crippen LogP contribution < -0.4 is 0 Å². The summed E-state index contributed by atoms with van der Waals surface area (Å²) in [5.41, 5.74) is 0. The van der Waals surface area contributed by atoms with Crippen molar-refractivity contribution in [2.24, 2.45) is 0 Å². The number of hydrogen-bond donors (Lipinski definition) is 0. The summed E-state index contributed by atoms with van der Waals surface area (Å²) in [5.74, 6) is 0. The van der Waals surface area contributed by atoms with Crippen molar-refractivity contribution < 1.29 is 0 Å². The second-order valence-corrected chi connectivity index (χ2v) is 7.96. The van der Waals surface area contributed by atoms with E-state index in [1.165, 1.54) is 8.96 Å². The van der Waals surface area contributed by atoms with Gasteiger partial charge in [-0.05, 0) is 12.8 Å². The fraction of sp³-hybridized carbons (Fsp3) is 0.600. The van der Waals surface area contributed by atoms with Gasteiger partial charge in [-0.15, -0.1) is 0 Å². The van der Waals surface area contributed by atoms with Crippen molar-refractivity contribution in [2.75, 3.05) is 0 Å². The molecule has 0 nitrogen and oxygen atoms in total. The monoisotopic (exact) mass is 448 g/mol. The Morgan fingerprint density at radius 1 is 0.929 bits per heavy atom. The van der Waals surface area contributed by atoms with Crippen molar-refractivity contribution >= 4 is 63.7 Å². The third kappa shape index (κ3) is 2.38. The molecule has 0 saturated heterocycles. The number of rotatable bonds is 2. The van der Waals surface area contributed by atoms with Crippen LogP contribution in [0.15, 0.2) is 21.1 Å². The quantitative estimate of drug-likeness (QED) is 0.476. The van der Waals surface area contributed by atoms with E-state index >= 15 is 0 Å². The molecule has 0 aromatic heterocycles. The van der Waals surface area contributed by atoms with Crippen LogP contribution in [-0.2, 0) is 0 Å². The molecule has 0 saturated carbocycles. The second kappa shape index (κ2) is 4.72. The topological polar surface area (TPSA) is 0 Å². The zero-order chi connectivity index (χ0) is 11.0. The van der Waals surface area contributed by atoms with Gasteiger partial charge < -0.3 is 0 Å². The van der Waals surface area contributed by atoms with Gasteiger partial charge in [-0.3, -0.25) is 0 Å². The molecular formula is C10H12Br4. The van der Waals surface area contributed by atoms with E-state index in [9.17, 15) is 0 Å². The fourth-order valence-electron chi connectivity index (χ4n) is 1.32. The van der Waals surface area contributed by atoms with Crippen LogP contribution in [0.2, 0.25) is 0 Å². The van der Waals surface area contributed by atoms with Gasteiger partial charge in [0.15, 0.2) is 0 Å². The van der Waals surface area contributed by atoms with E-state index in [0.29, 0.717) is 0 Å². The van der Waals surface area contributed by atoms with Gasteiger partial charge in [0.05, 0.1) is 8.65 Å². The molecule has 1 aliphatic carbocycles. The molecule has 0 spiro atoms. The first-order valence-electron chi connectivity index (χ1n) is 4.53. The summed E-state index contributed by atoms with van der Waals surface area (Å²) >= 11 is 14.7. The lowest BCUT2D eigenvalue weighted by atomic mass is 9.92. The molecule has 0 radical (unpaired) electrons. The first kappa shape index (κ1) is 13.5. The van der Waals surface area contributed by atoms with Gasteiger partial charge in [0.25, 0.3) is 0 Å². The average molecular weight is 452 g/mol. The highest BCUT2D eigenvalue weighted by Crippen LogP contribution is 2.49. The third-order valence-corrected chi connectivity index (χ3v) is 7.90. The van der Waals surface area contributed by atoms with Gasteiger partial charge in [0.2, 0.25) is 0 Å². The highest BCUT2D eigenvalue weighted by atomic mass is 79.9. The van der Waals surface area contributed by atoms with Crippen LogP contribution in [0.1, 0.15) is 26.7 Å². The average Bonchev–Trinajstić information content (AvgIpc) is 2.15. The Hall–Kier alpha value is 1.40. The van der Waals surface area contributed by atoms with Crippen LogP contribution in [0.5, 0.6) is 0 Å². The molecule has 80 valence electrons. The van der Waals surface area contributed by atoms with Crippen molar-refractivity contribution in [1.82, 2.24) is 0 Å². The maximum Gasteiger partial charge on any atom is 0.0756 e. The smallest absolute Gasteiger partial charge is 0.0749 e. The molecule has 0 bridgehead atoms. The first-order valence-corrected chi connectivity index (χ1v) is 7.70. The van der Waals surface area contributed by atoms with Crippen molar-refractivity contribution in [1.29, 1.82) is 0 Å². The molecule has 0 heterocycles. The van der Waals surface area contributed by atoms with E-state index in [0.717, 1.165) is 12.8 Å². The molecule has 0 aliphatic heterocycles. The van der Waals surface area contributed by atoms with E-state index < -0.39 is 0 Å². The summed E-state index contributed by atoms with van der Waals surface area (Å²) in [6, 6.07) is 0. The van der Waals surface area contributed by atoms with Crippen LogP contribution in [-0.4, -0.2) is 8.65 Å². The van der Waals surface area contributed by atoms with Gasteiger partial charge >= 0.3 is 0 Å². The number of allylic oxidation sites excluding steroid dienone is 4.